The van der Waals surface area contributed by atoms with E-state index in [1.807, 2.05) is 24.3 Å². The molecule has 4 rings (SSSR count). The highest BCUT2D eigenvalue weighted by molar-refractivity contribution is 5.60. The third-order valence-corrected chi connectivity index (χ3v) is 5.18. The van der Waals surface area contributed by atoms with E-state index in [2.05, 4.69) is 17.1 Å². The number of ether oxygens (including phenoxy) is 1. The number of rotatable bonds is 6. The second kappa shape index (κ2) is 9.36. The lowest BCUT2D eigenvalue weighted by Crippen LogP contribution is -2.04. The molecule has 1 aliphatic rings. The molecule has 2 aromatic carbocycles. The number of hydrogen-bond acceptors (Lipinski definition) is 3. The summed E-state index contributed by atoms with van der Waals surface area (Å²) in [5.74, 6) is -0.142. The average Bonchev–Trinajstić information content (AvgIpc) is 2.80. The van der Waals surface area contributed by atoms with Gasteiger partial charge in [-0.1, -0.05) is 48.6 Å². The zero-order chi connectivity index (χ0) is 21.6. The number of nitrogens with zero attached hydrogens (tertiary/aromatic N) is 2. The van der Waals surface area contributed by atoms with Crippen LogP contribution < -0.4 is 4.74 Å². The van der Waals surface area contributed by atoms with Crippen molar-refractivity contribution >= 4 is 0 Å². The van der Waals surface area contributed by atoms with Crippen LogP contribution in [-0.4, -0.2) is 4.98 Å². The van der Waals surface area contributed by atoms with E-state index in [1.54, 1.807) is 24.3 Å². The highest BCUT2D eigenvalue weighted by Crippen LogP contribution is 2.25. The second-order valence-electron chi connectivity index (χ2n) is 7.39. The first kappa shape index (κ1) is 20.5. The molecular weight excluding hydrogens is 394 g/mol. The highest BCUT2D eigenvalue weighted by atomic mass is 19.1. The maximum atomic E-state index is 14.7. The summed E-state index contributed by atoms with van der Waals surface area (Å²) in [6.07, 6.45) is 9.77. The van der Waals surface area contributed by atoms with E-state index in [4.69, 9.17) is 10.00 Å². The monoisotopic (exact) mass is 414 g/mol. The van der Waals surface area contributed by atoms with Crippen LogP contribution >= 0.6 is 0 Å². The molecule has 0 bridgehead atoms. The number of pyridine rings is 1. The molecule has 3 aromatic rings. The van der Waals surface area contributed by atoms with Gasteiger partial charge in [-0.2, -0.15) is 5.26 Å². The average molecular weight is 414 g/mol. The minimum Gasteiger partial charge on any atom is -0.473 e. The van der Waals surface area contributed by atoms with Gasteiger partial charge in [-0.3, -0.25) is 0 Å². The third-order valence-electron chi connectivity index (χ3n) is 5.18. The van der Waals surface area contributed by atoms with Crippen molar-refractivity contribution in [2.24, 2.45) is 5.92 Å². The van der Waals surface area contributed by atoms with E-state index in [1.165, 1.54) is 24.3 Å². The van der Waals surface area contributed by atoms with Gasteiger partial charge < -0.3 is 4.74 Å². The number of halogens is 2. The molecule has 154 valence electrons. The molecule has 1 heterocycles. The molecule has 3 nitrogen and oxygen atoms in total. The Morgan fingerprint density at radius 3 is 2.58 bits per heavy atom. The van der Waals surface area contributed by atoms with Gasteiger partial charge in [0.15, 0.2) is 0 Å². The Morgan fingerprint density at radius 2 is 1.84 bits per heavy atom. The fourth-order valence-electron chi connectivity index (χ4n) is 3.48. The van der Waals surface area contributed by atoms with Crippen molar-refractivity contribution in [1.82, 2.24) is 4.98 Å². The normalized spacial score (nSPS) is 14.9. The lowest BCUT2D eigenvalue weighted by Gasteiger charge is -2.14. The van der Waals surface area contributed by atoms with Crippen LogP contribution in [0.25, 0.3) is 11.3 Å². The van der Waals surface area contributed by atoms with Gasteiger partial charge >= 0.3 is 0 Å². The van der Waals surface area contributed by atoms with E-state index in [9.17, 15) is 8.78 Å². The summed E-state index contributed by atoms with van der Waals surface area (Å²) in [7, 11) is 0. The van der Waals surface area contributed by atoms with Crippen molar-refractivity contribution in [1.29, 1.82) is 5.26 Å². The lowest BCUT2D eigenvalue weighted by atomic mass is 9.92. The molecule has 0 spiro atoms. The van der Waals surface area contributed by atoms with Crippen molar-refractivity contribution < 1.29 is 13.5 Å². The molecule has 1 aliphatic carbocycles. The van der Waals surface area contributed by atoms with Crippen LogP contribution in [0.5, 0.6) is 5.88 Å². The van der Waals surface area contributed by atoms with Crippen LogP contribution in [0.15, 0.2) is 78.9 Å². The molecule has 0 saturated heterocycles. The van der Waals surface area contributed by atoms with Crippen LogP contribution in [-0.2, 0) is 13.0 Å². The molecule has 0 amide bonds. The summed E-state index contributed by atoms with van der Waals surface area (Å²) >= 11 is 0. The maximum Gasteiger partial charge on any atom is 0.214 e. The highest BCUT2D eigenvalue weighted by Gasteiger charge is 2.12. The summed E-state index contributed by atoms with van der Waals surface area (Å²) in [6, 6.07) is 16.5. The van der Waals surface area contributed by atoms with Crippen LogP contribution in [0.1, 0.15) is 23.1 Å². The van der Waals surface area contributed by atoms with Gasteiger partial charge in [0.05, 0.1) is 17.3 Å². The summed E-state index contributed by atoms with van der Waals surface area (Å²) in [4.78, 5) is 4.42. The van der Waals surface area contributed by atoms with Gasteiger partial charge in [0.1, 0.15) is 18.2 Å². The number of hydrogen-bond donors (Lipinski definition) is 0. The van der Waals surface area contributed by atoms with Gasteiger partial charge in [-0.25, -0.2) is 13.8 Å². The Bertz CT molecular complexity index is 1190. The Labute approximate surface area is 180 Å². The van der Waals surface area contributed by atoms with E-state index in [-0.39, 0.29) is 18.0 Å². The summed E-state index contributed by atoms with van der Waals surface area (Å²) in [5.41, 5.74) is 2.48. The number of allylic oxidation sites excluding steroid dienone is 4. The van der Waals surface area contributed by atoms with Crippen molar-refractivity contribution in [3.05, 3.63) is 107 Å². The first-order chi connectivity index (χ1) is 15.1. The molecule has 0 N–H and O–H groups in total. The van der Waals surface area contributed by atoms with Crippen LogP contribution in [0.4, 0.5) is 8.78 Å². The van der Waals surface area contributed by atoms with Gasteiger partial charge in [0.2, 0.25) is 5.88 Å². The lowest BCUT2D eigenvalue weighted by molar-refractivity contribution is 0.288. The predicted octanol–water partition coefficient (Wildman–Crippen LogP) is 6.15. The first-order valence-corrected chi connectivity index (χ1v) is 10.0. The van der Waals surface area contributed by atoms with Crippen LogP contribution in [0.2, 0.25) is 0 Å². The van der Waals surface area contributed by atoms with E-state index in [0.717, 1.165) is 6.42 Å². The molecule has 0 aliphatic heterocycles. The molecular formula is C26H20F2N2O. The molecule has 0 saturated carbocycles. The minimum absolute atomic E-state index is 0.0232. The molecule has 1 aromatic heterocycles. The first-order valence-electron chi connectivity index (χ1n) is 10.0. The van der Waals surface area contributed by atoms with E-state index in [0.29, 0.717) is 40.6 Å². The van der Waals surface area contributed by atoms with Gasteiger partial charge in [-0.05, 0) is 48.6 Å². The largest absolute Gasteiger partial charge is 0.473 e. The molecule has 0 radical (unpaired) electrons. The number of benzene rings is 2. The number of nitriles is 1. The summed E-state index contributed by atoms with van der Waals surface area (Å²) in [6.45, 7) is -0.0232. The van der Waals surface area contributed by atoms with Crippen LogP contribution in [0, 0.1) is 28.9 Å². The topological polar surface area (TPSA) is 45.9 Å². The van der Waals surface area contributed by atoms with Crippen LogP contribution in [0.3, 0.4) is 0 Å². The standard InChI is InChI=1S/C26H20F2N2O/c27-23-14-19(16-29)9-10-22(23)17-31-26-8-4-7-25(30-26)21-12-11-20(24(28)15-21)13-18-5-2-1-3-6-18/h1-5,7-12,14-15,18H,6,13,17H2. The predicted molar refractivity (Wildman–Crippen MR) is 115 cm³/mol. The second-order valence-corrected chi connectivity index (χ2v) is 7.39. The smallest absolute Gasteiger partial charge is 0.214 e. The van der Waals surface area contributed by atoms with Gasteiger partial charge in [-0.15, -0.1) is 0 Å². The van der Waals surface area contributed by atoms with E-state index >= 15 is 0 Å². The molecule has 5 heteroatoms. The number of aromatic nitrogens is 1. The van der Waals surface area contributed by atoms with Gasteiger partial charge in [0, 0.05) is 17.2 Å². The van der Waals surface area contributed by atoms with Crippen molar-refractivity contribution in [3.8, 4) is 23.2 Å². The van der Waals surface area contributed by atoms with Crippen molar-refractivity contribution in [2.75, 3.05) is 0 Å². The van der Waals surface area contributed by atoms with E-state index < -0.39 is 5.82 Å². The third kappa shape index (κ3) is 5.04. The molecule has 31 heavy (non-hydrogen) atoms. The minimum atomic E-state index is -0.504. The Balaban J connectivity index is 1.46. The molecule has 0 fully saturated rings. The van der Waals surface area contributed by atoms with Crippen molar-refractivity contribution in [3.63, 3.8) is 0 Å². The summed E-state index contributed by atoms with van der Waals surface area (Å²) in [5, 5.41) is 8.83. The Hall–Kier alpha value is -3.78. The quantitative estimate of drug-likeness (QED) is 0.486. The zero-order valence-electron chi connectivity index (χ0n) is 16.8. The SMILES string of the molecule is N#Cc1ccc(COc2cccc(-c3ccc(CC4C=CC=CC4)c(F)c3)n2)c(F)c1. The fourth-order valence-corrected chi connectivity index (χ4v) is 3.48. The summed E-state index contributed by atoms with van der Waals surface area (Å²) < 4.78 is 34.4. The fraction of sp³-hybridized carbons (Fsp3) is 0.154. The Kier molecular flexibility index (Phi) is 6.18. The zero-order valence-corrected chi connectivity index (χ0v) is 16.8. The van der Waals surface area contributed by atoms with Gasteiger partial charge in [0.25, 0.3) is 0 Å². The maximum absolute atomic E-state index is 14.7. The molecule has 1 unspecified atom stereocenters. The van der Waals surface area contributed by atoms with Crippen molar-refractivity contribution in [2.45, 2.75) is 19.4 Å². The molecule has 1 atom stereocenters. The Morgan fingerprint density at radius 1 is 1.00 bits per heavy atom.